The van der Waals surface area contributed by atoms with Gasteiger partial charge in [-0.25, -0.2) is 0 Å². The van der Waals surface area contributed by atoms with Crippen LogP contribution >= 0.6 is 0 Å². The van der Waals surface area contributed by atoms with Crippen molar-refractivity contribution in [1.82, 2.24) is 10.2 Å². The van der Waals surface area contributed by atoms with E-state index < -0.39 is 0 Å². The van der Waals surface area contributed by atoms with E-state index in [1.807, 2.05) is 0 Å². The molecule has 1 saturated carbocycles. The predicted molar refractivity (Wildman–Crippen MR) is 68.5 cm³/mol. The minimum absolute atomic E-state index is 0.401. The van der Waals surface area contributed by atoms with E-state index in [1.54, 1.807) is 0 Å². The molecular formula is C13H27N3. The molecule has 0 aromatic heterocycles. The molecule has 3 nitrogen and oxygen atoms in total. The molecule has 0 spiro atoms. The number of likely N-dealkylation sites (tertiary alicyclic amines) is 1. The average molecular weight is 225 g/mol. The molecule has 0 amide bonds. The Morgan fingerprint density at radius 3 is 2.81 bits per heavy atom. The van der Waals surface area contributed by atoms with Crippen molar-refractivity contribution in [2.24, 2.45) is 5.73 Å². The first kappa shape index (κ1) is 12.3. The summed E-state index contributed by atoms with van der Waals surface area (Å²) in [5.74, 6) is 0. The lowest BCUT2D eigenvalue weighted by molar-refractivity contribution is 0.317. The van der Waals surface area contributed by atoms with Gasteiger partial charge in [-0.2, -0.15) is 0 Å². The normalized spacial score (nSPS) is 28.5. The quantitative estimate of drug-likeness (QED) is 0.687. The summed E-state index contributed by atoms with van der Waals surface area (Å²) in [6, 6.07) is 2.07. The summed E-state index contributed by atoms with van der Waals surface area (Å²) in [4.78, 5) is 2.66. The van der Waals surface area contributed by atoms with E-state index in [9.17, 15) is 0 Å². The van der Waals surface area contributed by atoms with E-state index in [4.69, 9.17) is 5.73 Å². The monoisotopic (exact) mass is 225 g/mol. The average Bonchev–Trinajstić information content (AvgIpc) is 3.00. The fourth-order valence-electron chi connectivity index (χ4n) is 2.71. The van der Waals surface area contributed by atoms with Crippen LogP contribution in [0.5, 0.6) is 0 Å². The topological polar surface area (TPSA) is 41.3 Å². The highest BCUT2D eigenvalue weighted by Crippen LogP contribution is 2.29. The molecule has 0 radical (unpaired) electrons. The molecule has 0 bridgehead atoms. The van der Waals surface area contributed by atoms with Gasteiger partial charge in [0.25, 0.3) is 0 Å². The SMILES string of the molecule is CCCC(N)CCNC1CCN(C2CC2)C1. The highest BCUT2D eigenvalue weighted by Gasteiger charge is 2.33. The molecule has 2 rings (SSSR count). The Hall–Kier alpha value is -0.120. The van der Waals surface area contributed by atoms with Crippen LogP contribution in [-0.2, 0) is 0 Å². The highest BCUT2D eigenvalue weighted by atomic mass is 15.2. The second-order valence-electron chi connectivity index (χ2n) is 5.50. The zero-order chi connectivity index (χ0) is 11.4. The van der Waals surface area contributed by atoms with Crippen LogP contribution in [0.3, 0.4) is 0 Å². The molecule has 0 aromatic rings. The molecular weight excluding hydrogens is 198 g/mol. The van der Waals surface area contributed by atoms with Gasteiger partial charge < -0.3 is 11.1 Å². The minimum atomic E-state index is 0.401. The Balaban J connectivity index is 1.53. The Morgan fingerprint density at radius 2 is 2.12 bits per heavy atom. The molecule has 2 fully saturated rings. The van der Waals surface area contributed by atoms with Crippen LogP contribution in [0.1, 0.15) is 45.4 Å². The molecule has 1 saturated heterocycles. The van der Waals surface area contributed by atoms with Crippen LogP contribution in [0.2, 0.25) is 0 Å². The number of nitrogens with one attached hydrogen (secondary N) is 1. The molecule has 2 atom stereocenters. The maximum atomic E-state index is 6.00. The fourth-order valence-corrected chi connectivity index (χ4v) is 2.71. The van der Waals surface area contributed by atoms with Gasteiger partial charge in [-0.1, -0.05) is 13.3 Å². The van der Waals surface area contributed by atoms with Gasteiger partial charge in [0, 0.05) is 31.2 Å². The Bertz CT molecular complexity index is 203. The zero-order valence-corrected chi connectivity index (χ0v) is 10.6. The molecule has 2 unspecified atom stereocenters. The van der Waals surface area contributed by atoms with Gasteiger partial charge in [0.2, 0.25) is 0 Å². The number of hydrogen-bond acceptors (Lipinski definition) is 3. The predicted octanol–water partition coefficient (Wildman–Crippen LogP) is 1.33. The van der Waals surface area contributed by atoms with Crippen molar-refractivity contribution in [2.75, 3.05) is 19.6 Å². The van der Waals surface area contributed by atoms with Gasteiger partial charge in [0.05, 0.1) is 0 Å². The zero-order valence-electron chi connectivity index (χ0n) is 10.6. The molecule has 16 heavy (non-hydrogen) atoms. The molecule has 3 N–H and O–H groups in total. The van der Waals surface area contributed by atoms with Gasteiger partial charge in [0.15, 0.2) is 0 Å². The van der Waals surface area contributed by atoms with Crippen LogP contribution in [0.15, 0.2) is 0 Å². The van der Waals surface area contributed by atoms with Crippen LogP contribution in [0.4, 0.5) is 0 Å². The second kappa shape index (κ2) is 5.99. The number of nitrogens with two attached hydrogens (primary N) is 1. The maximum absolute atomic E-state index is 6.00. The third-order valence-corrected chi connectivity index (χ3v) is 3.89. The van der Waals surface area contributed by atoms with Crippen molar-refractivity contribution in [3.8, 4) is 0 Å². The van der Waals surface area contributed by atoms with Gasteiger partial charge in [-0.3, -0.25) is 4.90 Å². The van der Waals surface area contributed by atoms with Crippen LogP contribution in [0.25, 0.3) is 0 Å². The number of nitrogens with zero attached hydrogens (tertiary/aromatic N) is 1. The highest BCUT2D eigenvalue weighted by molar-refractivity contribution is 4.91. The molecule has 1 aliphatic carbocycles. The van der Waals surface area contributed by atoms with Crippen LogP contribution < -0.4 is 11.1 Å². The van der Waals surface area contributed by atoms with Crippen molar-refractivity contribution in [3.63, 3.8) is 0 Å². The first-order valence-electron chi connectivity index (χ1n) is 7.02. The Morgan fingerprint density at radius 1 is 1.31 bits per heavy atom. The molecule has 94 valence electrons. The third-order valence-electron chi connectivity index (χ3n) is 3.89. The molecule has 1 heterocycles. The van der Waals surface area contributed by atoms with Crippen molar-refractivity contribution in [1.29, 1.82) is 0 Å². The Labute approximate surface area is 99.8 Å². The van der Waals surface area contributed by atoms with Crippen molar-refractivity contribution in [3.05, 3.63) is 0 Å². The van der Waals surface area contributed by atoms with Crippen LogP contribution in [0, 0.1) is 0 Å². The molecule has 1 aliphatic heterocycles. The van der Waals surface area contributed by atoms with E-state index in [-0.39, 0.29) is 0 Å². The summed E-state index contributed by atoms with van der Waals surface area (Å²) < 4.78 is 0. The fraction of sp³-hybridized carbons (Fsp3) is 1.00. The number of hydrogen-bond donors (Lipinski definition) is 2. The smallest absolute Gasteiger partial charge is 0.0207 e. The third kappa shape index (κ3) is 3.72. The molecule has 3 heteroatoms. The summed E-state index contributed by atoms with van der Waals surface area (Å²) in [6.07, 6.45) is 7.72. The van der Waals surface area contributed by atoms with Gasteiger partial charge >= 0.3 is 0 Å². The summed E-state index contributed by atoms with van der Waals surface area (Å²) in [6.45, 7) is 5.89. The van der Waals surface area contributed by atoms with Gasteiger partial charge in [0.1, 0.15) is 0 Å². The van der Waals surface area contributed by atoms with E-state index in [1.165, 1.54) is 45.2 Å². The second-order valence-corrected chi connectivity index (χ2v) is 5.50. The van der Waals surface area contributed by atoms with E-state index >= 15 is 0 Å². The number of rotatable bonds is 7. The molecule has 2 aliphatic rings. The van der Waals surface area contributed by atoms with E-state index in [2.05, 4.69) is 17.1 Å². The summed E-state index contributed by atoms with van der Waals surface area (Å²) in [5.41, 5.74) is 6.00. The Kier molecular flexibility index (Phi) is 4.62. The lowest BCUT2D eigenvalue weighted by Crippen LogP contribution is -2.36. The standard InChI is InChI=1S/C13H27N3/c1-2-3-11(14)6-8-15-12-7-9-16(10-12)13-4-5-13/h11-13,15H,2-10,14H2,1H3. The van der Waals surface area contributed by atoms with Crippen molar-refractivity contribution >= 4 is 0 Å². The largest absolute Gasteiger partial charge is 0.328 e. The van der Waals surface area contributed by atoms with Crippen molar-refractivity contribution in [2.45, 2.75) is 63.6 Å². The summed E-state index contributed by atoms with van der Waals surface area (Å²) >= 11 is 0. The van der Waals surface area contributed by atoms with Crippen molar-refractivity contribution < 1.29 is 0 Å². The van der Waals surface area contributed by atoms with E-state index in [0.717, 1.165) is 25.0 Å². The first-order chi connectivity index (χ1) is 7.79. The summed E-state index contributed by atoms with van der Waals surface area (Å²) in [7, 11) is 0. The molecule has 0 aromatic carbocycles. The van der Waals surface area contributed by atoms with Crippen LogP contribution in [-0.4, -0.2) is 42.7 Å². The minimum Gasteiger partial charge on any atom is -0.328 e. The van der Waals surface area contributed by atoms with Gasteiger partial charge in [-0.15, -0.1) is 0 Å². The summed E-state index contributed by atoms with van der Waals surface area (Å²) in [5, 5.41) is 3.66. The lowest BCUT2D eigenvalue weighted by atomic mass is 10.1. The lowest BCUT2D eigenvalue weighted by Gasteiger charge is -2.17. The maximum Gasteiger partial charge on any atom is 0.0207 e. The van der Waals surface area contributed by atoms with E-state index in [0.29, 0.717) is 6.04 Å². The first-order valence-corrected chi connectivity index (χ1v) is 7.02. The van der Waals surface area contributed by atoms with Gasteiger partial charge in [-0.05, 0) is 38.6 Å².